The molecule has 51 heavy (non-hydrogen) atoms. The Hall–Kier alpha value is -5.86. The van der Waals surface area contributed by atoms with E-state index in [0.717, 1.165) is 29.1 Å². The van der Waals surface area contributed by atoms with E-state index in [9.17, 15) is 0 Å². The Morgan fingerprint density at radius 1 is 0.431 bits per heavy atom. The first kappa shape index (κ1) is 30.0. The molecule has 2 fully saturated rings. The first-order valence-electron chi connectivity index (χ1n) is 18.5. The number of para-hydroxylation sites is 2. The van der Waals surface area contributed by atoms with Crippen molar-refractivity contribution in [1.82, 2.24) is 4.57 Å². The largest absolute Gasteiger partial charge is 0.310 e. The van der Waals surface area contributed by atoms with Gasteiger partial charge in [-0.15, -0.1) is 0 Å². The molecule has 2 aliphatic carbocycles. The molecular formula is C49H40N2. The summed E-state index contributed by atoms with van der Waals surface area (Å²) < 4.78 is 2.39. The normalized spacial score (nSPS) is 18.1. The van der Waals surface area contributed by atoms with Gasteiger partial charge in [0.1, 0.15) is 0 Å². The summed E-state index contributed by atoms with van der Waals surface area (Å²) in [6, 6.07) is 64.6. The van der Waals surface area contributed by atoms with Gasteiger partial charge in [0, 0.05) is 33.5 Å². The van der Waals surface area contributed by atoms with Gasteiger partial charge in [0.15, 0.2) is 0 Å². The van der Waals surface area contributed by atoms with E-state index in [1.807, 2.05) is 0 Å². The average Bonchev–Trinajstić information content (AvgIpc) is 3.93. The second-order valence-electron chi connectivity index (χ2n) is 14.6. The zero-order valence-electron chi connectivity index (χ0n) is 28.7. The highest BCUT2D eigenvalue weighted by Gasteiger charge is 2.40. The molecule has 2 saturated carbocycles. The van der Waals surface area contributed by atoms with Crippen LogP contribution in [0.3, 0.4) is 0 Å². The van der Waals surface area contributed by atoms with Crippen LogP contribution in [0.4, 0.5) is 17.1 Å². The van der Waals surface area contributed by atoms with Gasteiger partial charge in [-0.05, 0) is 125 Å². The summed E-state index contributed by atoms with van der Waals surface area (Å²) in [6.45, 7) is 0. The van der Waals surface area contributed by atoms with Gasteiger partial charge in [-0.2, -0.15) is 0 Å². The first-order chi connectivity index (χ1) is 25.3. The van der Waals surface area contributed by atoms with E-state index in [2.05, 4.69) is 185 Å². The molecule has 2 heteroatoms. The van der Waals surface area contributed by atoms with Crippen molar-refractivity contribution < 1.29 is 0 Å². The standard InChI is InChI=1S/C49H40N2/c1-3-9-35(10-4-1)36-17-19-37(20-18-36)38-21-25-42(26-22-38)50(43-27-23-39(24-28-43)46-32-34-15-16-40(46)31-34)44-29-30-49-47(33-44)45-13-7-8-14-48(45)51(49)41-11-5-2-6-12-41/h1-14,17-30,33-34,40,46H,15-16,31-32H2. The van der Waals surface area contributed by atoms with Crippen LogP contribution in [0.5, 0.6) is 0 Å². The highest BCUT2D eigenvalue weighted by molar-refractivity contribution is 6.10. The van der Waals surface area contributed by atoms with Gasteiger partial charge in [0.05, 0.1) is 11.0 Å². The second kappa shape index (κ2) is 12.5. The number of hydrogen-bond acceptors (Lipinski definition) is 1. The van der Waals surface area contributed by atoms with Crippen LogP contribution in [0, 0.1) is 11.8 Å². The van der Waals surface area contributed by atoms with E-state index in [0.29, 0.717) is 0 Å². The molecule has 0 saturated heterocycles. The van der Waals surface area contributed by atoms with Gasteiger partial charge < -0.3 is 9.47 Å². The van der Waals surface area contributed by atoms with Crippen molar-refractivity contribution in [3.63, 3.8) is 0 Å². The molecule has 0 aliphatic heterocycles. The van der Waals surface area contributed by atoms with Crippen LogP contribution >= 0.6 is 0 Å². The Labute approximate surface area is 300 Å². The Bertz CT molecular complexity index is 2460. The molecule has 2 bridgehead atoms. The van der Waals surface area contributed by atoms with Gasteiger partial charge in [-0.1, -0.05) is 122 Å². The zero-order valence-corrected chi connectivity index (χ0v) is 28.7. The molecule has 7 aromatic carbocycles. The Morgan fingerprint density at radius 2 is 0.980 bits per heavy atom. The smallest absolute Gasteiger partial charge is 0.0542 e. The Kier molecular flexibility index (Phi) is 7.34. The minimum atomic E-state index is 0.722. The van der Waals surface area contributed by atoms with E-state index < -0.39 is 0 Å². The molecule has 246 valence electrons. The molecule has 0 radical (unpaired) electrons. The van der Waals surface area contributed by atoms with E-state index in [1.54, 1.807) is 0 Å². The van der Waals surface area contributed by atoms with Crippen LogP contribution in [0.2, 0.25) is 0 Å². The summed E-state index contributed by atoms with van der Waals surface area (Å²) in [6.07, 6.45) is 5.63. The number of nitrogens with zero attached hydrogens (tertiary/aromatic N) is 2. The third-order valence-corrected chi connectivity index (χ3v) is 11.7. The first-order valence-corrected chi connectivity index (χ1v) is 18.5. The van der Waals surface area contributed by atoms with Crippen molar-refractivity contribution in [3.05, 3.63) is 181 Å². The molecule has 10 rings (SSSR count). The fraction of sp³-hybridized carbons (Fsp3) is 0.143. The lowest BCUT2D eigenvalue weighted by Gasteiger charge is -2.27. The van der Waals surface area contributed by atoms with Crippen LogP contribution in [-0.2, 0) is 0 Å². The molecule has 3 unspecified atom stereocenters. The number of fused-ring (bicyclic) bond motifs is 5. The number of benzene rings is 7. The van der Waals surface area contributed by atoms with Crippen LogP contribution in [0.1, 0.15) is 37.2 Å². The topological polar surface area (TPSA) is 8.17 Å². The SMILES string of the molecule is c1ccc(-c2ccc(-c3ccc(N(c4ccc(C5CC6CCC5C6)cc4)c4ccc5c(c4)c4ccccc4n5-c4ccccc4)cc3)cc2)cc1. The lowest BCUT2D eigenvalue weighted by atomic mass is 9.83. The Morgan fingerprint density at radius 3 is 1.63 bits per heavy atom. The van der Waals surface area contributed by atoms with E-state index >= 15 is 0 Å². The monoisotopic (exact) mass is 656 g/mol. The summed E-state index contributed by atoms with van der Waals surface area (Å²) >= 11 is 0. The fourth-order valence-corrected chi connectivity index (χ4v) is 9.21. The second-order valence-corrected chi connectivity index (χ2v) is 14.6. The lowest BCUT2D eigenvalue weighted by Crippen LogP contribution is -2.11. The fourth-order valence-electron chi connectivity index (χ4n) is 9.21. The highest BCUT2D eigenvalue weighted by Crippen LogP contribution is 2.53. The maximum Gasteiger partial charge on any atom is 0.0542 e. The maximum absolute atomic E-state index is 2.43. The third kappa shape index (κ3) is 5.34. The van der Waals surface area contributed by atoms with Gasteiger partial charge in [0.2, 0.25) is 0 Å². The molecule has 3 atom stereocenters. The quantitative estimate of drug-likeness (QED) is 0.166. The number of anilines is 3. The van der Waals surface area contributed by atoms with Gasteiger partial charge in [-0.3, -0.25) is 0 Å². The van der Waals surface area contributed by atoms with E-state index in [4.69, 9.17) is 0 Å². The zero-order chi connectivity index (χ0) is 33.7. The summed E-state index contributed by atoms with van der Waals surface area (Å²) in [7, 11) is 0. The molecule has 1 aromatic heterocycles. The molecule has 2 aliphatic rings. The highest BCUT2D eigenvalue weighted by atomic mass is 15.1. The summed E-state index contributed by atoms with van der Waals surface area (Å²) in [5.74, 6) is 2.53. The van der Waals surface area contributed by atoms with Crippen LogP contribution in [0.15, 0.2) is 176 Å². The molecule has 8 aromatic rings. The minimum absolute atomic E-state index is 0.722. The van der Waals surface area contributed by atoms with Crippen molar-refractivity contribution >= 4 is 38.9 Å². The summed E-state index contributed by atoms with van der Waals surface area (Å²) in [5, 5.41) is 2.52. The van der Waals surface area contributed by atoms with Crippen molar-refractivity contribution in [1.29, 1.82) is 0 Å². The molecular weight excluding hydrogens is 617 g/mol. The predicted molar refractivity (Wildman–Crippen MR) is 215 cm³/mol. The van der Waals surface area contributed by atoms with Crippen molar-refractivity contribution in [2.24, 2.45) is 11.8 Å². The summed E-state index contributed by atoms with van der Waals surface area (Å²) in [4.78, 5) is 2.43. The van der Waals surface area contributed by atoms with Gasteiger partial charge in [0.25, 0.3) is 0 Å². The number of hydrogen-bond donors (Lipinski definition) is 0. The van der Waals surface area contributed by atoms with Crippen molar-refractivity contribution in [3.8, 4) is 27.9 Å². The van der Waals surface area contributed by atoms with Crippen LogP contribution in [0.25, 0.3) is 49.7 Å². The minimum Gasteiger partial charge on any atom is -0.310 e. The molecule has 1 heterocycles. The van der Waals surface area contributed by atoms with Gasteiger partial charge >= 0.3 is 0 Å². The predicted octanol–water partition coefficient (Wildman–Crippen LogP) is 13.5. The van der Waals surface area contributed by atoms with Gasteiger partial charge in [-0.25, -0.2) is 0 Å². The third-order valence-electron chi connectivity index (χ3n) is 11.7. The van der Waals surface area contributed by atoms with Crippen molar-refractivity contribution in [2.75, 3.05) is 4.90 Å². The molecule has 0 amide bonds. The number of rotatable bonds is 7. The molecule has 2 nitrogen and oxygen atoms in total. The van der Waals surface area contributed by atoms with Crippen LogP contribution in [-0.4, -0.2) is 4.57 Å². The molecule has 0 spiro atoms. The van der Waals surface area contributed by atoms with E-state index in [-0.39, 0.29) is 0 Å². The van der Waals surface area contributed by atoms with E-state index in [1.165, 1.54) is 86.7 Å². The average molecular weight is 657 g/mol. The lowest BCUT2D eigenvalue weighted by molar-refractivity contribution is 0.420. The van der Waals surface area contributed by atoms with Crippen LogP contribution < -0.4 is 4.90 Å². The van der Waals surface area contributed by atoms with Crippen molar-refractivity contribution in [2.45, 2.75) is 31.6 Å². The molecule has 0 N–H and O–H groups in total. The maximum atomic E-state index is 2.43. The Balaban J connectivity index is 1.06. The number of aromatic nitrogens is 1. The summed E-state index contributed by atoms with van der Waals surface area (Å²) in [5.41, 5.74) is 13.5.